The number of rotatable bonds is 2. The van der Waals surface area contributed by atoms with Crippen LogP contribution in [0.15, 0.2) is 47.1 Å². The van der Waals surface area contributed by atoms with Crippen molar-refractivity contribution in [1.29, 1.82) is 0 Å². The van der Waals surface area contributed by atoms with Gasteiger partial charge in [0.2, 0.25) is 5.91 Å². The van der Waals surface area contributed by atoms with Crippen LogP contribution in [-0.4, -0.2) is 18.2 Å². The number of allylic oxidation sites excluding steroid dienone is 1. The molecule has 1 aliphatic rings. The Morgan fingerprint density at radius 3 is 2.59 bits per heavy atom. The molecule has 1 heterocycles. The number of nitrogens with zero attached hydrogens (tertiary/aromatic N) is 1. The highest BCUT2D eigenvalue weighted by Gasteiger charge is 2.43. The van der Waals surface area contributed by atoms with E-state index < -0.39 is 11.3 Å². The summed E-state index contributed by atoms with van der Waals surface area (Å²) in [6.45, 7) is 1.86. The maximum Gasteiger partial charge on any atom is 0.234 e. The molecule has 2 unspecified atom stereocenters. The molecule has 0 aromatic heterocycles. The zero-order valence-corrected chi connectivity index (χ0v) is 9.63. The first-order valence-corrected chi connectivity index (χ1v) is 5.44. The average Bonchev–Trinajstić information content (AvgIpc) is 2.33. The molecule has 2 rings (SSSR count). The van der Waals surface area contributed by atoms with Gasteiger partial charge in [-0.05, 0) is 18.6 Å². The summed E-state index contributed by atoms with van der Waals surface area (Å²) in [6.07, 6.45) is 3.26. The Labute approximate surface area is 100 Å². The van der Waals surface area contributed by atoms with Crippen molar-refractivity contribution < 1.29 is 4.79 Å². The monoisotopic (exact) mass is 229 g/mol. The Kier molecular flexibility index (Phi) is 2.71. The number of amides is 1. The molecule has 0 fully saturated rings. The number of carbonyl (C=O) groups excluding carboxylic acids is 1. The lowest BCUT2D eigenvalue weighted by Gasteiger charge is -2.34. The van der Waals surface area contributed by atoms with E-state index in [0.717, 1.165) is 5.56 Å². The normalized spacial score (nSPS) is 27.6. The van der Waals surface area contributed by atoms with Gasteiger partial charge in [0, 0.05) is 11.9 Å². The summed E-state index contributed by atoms with van der Waals surface area (Å²) in [4.78, 5) is 16.1. The predicted molar refractivity (Wildman–Crippen MR) is 67.5 cm³/mol. The van der Waals surface area contributed by atoms with E-state index in [-0.39, 0.29) is 6.04 Å². The molecule has 88 valence electrons. The molecule has 0 aliphatic carbocycles. The van der Waals surface area contributed by atoms with Gasteiger partial charge >= 0.3 is 0 Å². The quantitative estimate of drug-likeness (QED) is 0.783. The standard InChI is InChI=1S/C13H15N3O/c1-9-13(12(15)17,7-11(14)8-16-9)10-5-3-2-4-6-10/h2-9H,14H2,1H3,(H2,15,17). The number of carbonyl (C=O) groups is 1. The minimum Gasteiger partial charge on any atom is -0.398 e. The van der Waals surface area contributed by atoms with E-state index >= 15 is 0 Å². The Bertz CT molecular complexity index is 493. The van der Waals surface area contributed by atoms with Crippen molar-refractivity contribution in [3.8, 4) is 0 Å². The number of nitrogens with two attached hydrogens (primary N) is 2. The minimum absolute atomic E-state index is 0.255. The molecule has 0 saturated heterocycles. The van der Waals surface area contributed by atoms with E-state index in [9.17, 15) is 4.79 Å². The molecule has 0 saturated carbocycles. The largest absolute Gasteiger partial charge is 0.398 e. The van der Waals surface area contributed by atoms with Gasteiger partial charge in [-0.15, -0.1) is 0 Å². The molecular weight excluding hydrogens is 214 g/mol. The van der Waals surface area contributed by atoms with Crippen LogP contribution < -0.4 is 11.5 Å². The average molecular weight is 229 g/mol. The molecule has 1 aromatic rings. The second-order valence-electron chi connectivity index (χ2n) is 4.20. The van der Waals surface area contributed by atoms with Gasteiger partial charge in [-0.25, -0.2) is 0 Å². The van der Waals surface area contributed by atoms with E-state index in [4.69, 9.17) is 11.5 Å². The fraction of sp³-hybridized carbons (Fsp3) is 0.231. The van der Waals surface area contributed by atoms with Crippen LogP contribution in [0.25, 0.3) is 0 Å². The van der Waals surface area contributed by atoms with Crippen LogP contribution in [0, 0.1) is 0 Å². The maximum atomic E-state index is 11.9. The lowest BCUT2D eigenvalue weighted by molar-refractivity contribution is -0.122. The first-order valence-electron chi connectivity index (χ1n) is 5.44. The summed E-state index contributed by atoms with van der Waals surface area (Å²) >= 11 is 0. The zero-order valence-electron chi connectivity index (χ0n) is 9.63. The van der Waals surface area contributed by atoms with Crippen LogP contribution in [0.4, 0.5) is 0 Å². The summed E-state index contributed by atoms with van der Waals surface area (Å²) in [7, 11) is 0. The topological polar surface area (TPSA) is 81.5 Å². The van der Waals surface area contributed by atoms with E-state index in [2.05, 4.69) is 4.99 Å². The first kappa shape index (κ1) is 11.4. The summed E-state index contributed by atoms with van der Waals surface area (Å²) in [5, 5.41) is 0. The number of hydrogen-bond acceptors (Lipinski definition) is 3. The van der Waals surface area contributed by atoms with Crippen LogP contribution in [0.2, 0.25) is 0 Å². The van der Waals surface area contributed by atoms with Gasteiger partial charge < -0.3 is 11.5 Å². The number of benzene rings is 1. The lowest BCUT2D eigenvalue weighted by atomic mass is 9.72. The highest BCUT2D eigenvalue weighted by atomic mass is 16.1. The number of aliphatic imine (C=N–C) groups is 1. The van der Waals surface area contributed by atoms with Gasteiger partial charge in [-0.3, -0.25) is 9.79 Å². The fourth-order valence-corrected chi connectivity index (χ4v) is 2.19. The van der Waals surface area contributed by atoms with Crippen LogP contribution in [-0.2, 0) is 10.2 Å². The predicted octanol–water partition coefficient (Wildman–Crippen LogP) is 0.725. The van der Waals surface area contributed by atoms with Crippen LogP contribution in [0.5, 0.6) is 0 Å². The Morgan fingerprint density at radius 1 is 1.35 bits per heavy atom. The second-order valence-corrected chi connectivity index (χ2v) is 4.20. The molecule has 4 heteroatoms. The van der Waals surface area contributed by atoms with Crippen molar-refractivity contribution in [3.63, 3.8) is 0 Å². The first-order chi connectivity index (χ1) is 8.07. The summed E-state index contributed by atoms with van der Waals surface area (Å²) in [5.41, 5.74) is 11.7. The number of primary amides is 1. The molecule has 1 aromatic carbocycles. The highest BCUT2D eigenvalue weighted by molar-refractivity contribution is 5.94. The Balaban J connectivity index is 2.62. The van der Waals surface area contributed by atoms with Crippen molar-refractivity contribution in [1.82, 2.24) is 0 Å². The van der Waals surface area contributed by atoms with Gasteiger partial charge in [0.05, 0.1) is 6.04 Å². The van der Waals surface area contributed by atoms with E-state index in [1.54, 1.807) is 12.3 Å². The third kappa shape index (κ3) is 1.71. The van der Waals surface area contributed by atoms with Crippen LogP contribution >= 0.6 is 0 Å². The van der Waals surface area contributed by atoms with Gasteiger partial charge in [-0.2, -0.15) is 0 Å². The second kappa shape index (κ2) is 4.05. The molecular formula is C13H15N3O. The van der Waals surface area contributed by atoms with E-state index in [1.165, 1.54) is 0 Å². The third-order valence-electron chi connectivity index (χ3n) is 3.16. The molecule has 0 spiro atoms. The van der Waals surface area contributed by atoms with E-state index in [0.29, 0.717) is 5.70 Å². The van der Waals surface area contributed by atoms with Gasteiger partial charge in [-0.1, -0.05) is 30.3 Å². The fourth-order valence-electron chi connectivity index (χ4n) is 2.19. The van der Waals surface area contributed by atoms with Crippen LogP contribution in [0.1, 0.15) is 12.5 Å². The molecule has 17 heavy (non-hydrogen) atoms. The highest BCUT2D eigenvalue weighted by Crippen LogP contribution is 2.33. The van der Waals surface area contributed by atoms with Crippen molar-refractivity contribution in [2.45, 2.75) is 18.4 Å². The zero-order chi connectivity index (χ0) is 12.5. The van der Waals surface area contributed by atoms with Crippen molar-refractivity contribution >= 4 is 12.1 Å². The smallest absolute Gasteiger partial charge is 0.234 e. The molecule has 1 aliphatic heterocycles. The van der Waals surface area contributed by atoms with Gasteiger partial charge in [0.1, 0.15) is 5.41 Å². The molecule has 0 bridgehead atoms. The Morgan fingerprint density at radius 2 is 2.00 bits per heavy atom. The van der Waals surface area contributed by atoms with Crippen molar-refractivity contribution in [3.05, 3.63) is 47.7 Å². The molecule has 4 nitrogen and oxygen atoms in total. The van der Waals surface area contributed by atoms with Gasteiger partial charge in [0.25, 0.3) is 0 Å². The summed E-state index contributed by atoms with van der Waals surface area (Å²) in [6, 6.07) is 9.11. The minimum atomic E-state index is -0.944. The van der Waals surface area contributed by atoms with Gasteiger partial charge in [0.15, 0.2) is 0 Å². The van der Waals surface area contributed by atoms with Crippen molar-refractivity contribution in [2.75, 3.05) is 0 Å². The molecule has 0 radical (unpaired) electrons. The summed E-state index contributed by atoms with van der Waals surface area (Å²) in [5.74, 6) is -0.434. The summed E-state index contributed by atoms with van der Waals surface area (Å²) < 4.78 is 0. The third-order valence-corrected chi connectivity index (χ3v) is 3.16. The van der Waals surface area contributed by atoms with E-state index in [1.807, 2.05) is 37.3 Å². The number of dihydropyridines is 1. The molecule has 4 N–H and O–H groups in total. The Hall–Kier alpha value is -2.10. The SMILES string of the molecule is CC1N=CC(N)=CC1(C(N)=O)c1ccccc1. The molecule has 2 atom stereocenters. The maximum absolute atomic E-state index is 11.9. The van der Waals surface area contributed by atoms with Crippen LogP contribution in [0.3, 0.4) is 0 Å². The molecule has 1 amide bonds. The number of hydrogen-bond donors (Lipinski definition) is 2. The lowest BCUT2D eigenvalue weighted by Crippen LogP contribution is -2.49. The van der Waals surface area contributed by atoms with Crippen molar-refractivity contribution in [2.24, 2.45) is 16.5 Å².